The molecule has 0 bridgehead atoms. The van der Waals surface area contributed by atoms with Gasteiger partial charge in [-0.2, -0.15) is 0 Å². The molecule has 0 fully saturated rings. The van der Waals surface area contributed by atoms with E-state index < -0.39 is 0 Å². The van der Waals surface area contributed by atoms with Crippen LogP contribution in [0, 0.1) is 0 Å². The van der Waals surface area contributed by atoms with E-state index in [0.29, 0.717) is 10.6 Å². The van der Waals surface area contributed by atoms with E-state index >= 15 is 0 Å². The maximum Gasteiger partial charge on any atom is 0.172 e. The molecule has 0 N–H and O–H groups in total. The minimum Gasteiger partial charge on any atom is -0.453 e. The van der Waals surface area contributed by atoms with Gasteiger partial charge in [0.15, 0.2) is 5.58 Å². The van der Waals surface area contributed by atoms with Crippen molar-refractivity contribution >= 4 is 33.7 Å². The number of aromatic nitrogens is 1. The largest absolute Gasteiger partial charge is 0.453 e. The number of para-hydroxylation sites is 1. The van der Waals surface area contributed by atoms with Crippen molar-refractivity contribution in [1.82, 2.24) is 4.98 Å². The number of fused-ring (bicyclic) bond motifs is 3. The third-order valence-corrected chi connectivity index (χ3v) is 3.63. The molecule has 0 saturated carbocycles. The summed E-state index contributed by atoms with van der Waals surface area (Å²) in [7, 11) is 0. The van der Waals surface area contributed by atoms with Crippen molar-refractivity contribution in [2.24, 2.45) is 0 Å². The van der Waals surface area contributed by atoms with Crippen LogP contribution in [-0.2, 0) is 0 Å². The lowest BCUT2D eigenvalue weighted by Crippen LogP contribution is -1.84. The van der Waals surface area contributed by atoms with Crippen LogP contribution < -0.4 is 0 Å². The van der Waals surface area contributed by atoms with Crippen LogP contribution in [0.2, 0.25) is 5.02 Å². The van der Waals surface area contributed by atoms with Gasteiger partial charge in [-0.05, 0) is 18.2 Å². The molecule has 4 rings (SSSR count). The average molecular weight is 280 g/mol. The van der Waals surface area contributed by atoms with Gasteiger partial charge in [-0.15, -0.1) is 0 Å². The summed E-state index contributed by atoms with van der Waals surface area (Å²) < 4.78 is 5.78. The topological polar surface area (TPSA) is 26.0 Å². The first-order valence-electron chi connectivity index (χ1n) is 6.36. The van der Waals surface area contributed by atoms with Crippen molar-refractivity contribution in [1.29, 1.82) is 0 Å². The molecule has 96 valence electrons. The number of furan rings is 1. The highest BCUT2D eigenvalue weighted by molar-refractivity contribution is 6.35. The van der Waals surface area contributed by atoms with Gasteiger partial charge in [0.1, 0.15) is 11.1 Å². The minimum absolute atomic E-state index is 0.588. The SMILES string of the molecule is Clc1cc(-c2ccccc2)nc2c1oc1ccccc12. The van der Waals surface area contributed by atoms with Gasteiger partial charge in [0.05, 0.1) is 10.7 Å². The summed E-state index contributed by atoms with van der Waals surface area (Å²) in [6.45, 7) is 0. The Morgan fingerprint density at radius 3 is 2.50 bits per heavy atom. The molecule has 0 aliphatic carbocycles. The maximum absolute atomic E-state index is 6.35. The molecule has 0 saturated heterocycles. The van der Waals surface area contributed by atoms with Crippen LogP contribution in [-0.4, -0.2) is 4.98 Å². The number of hydrogen-bond donors (Lipinski definition) is 0. The molecule has 4 aromatic rings. The summed E-state index contributed by atoms with van der Waals surface area (Å²) in [5, 5.41) is 1.58. The van der Waals surface area contributed by atoms with Crippen molar-refractivity contribution in [2.75, 3.05) is 0 Å². The van der Waals surface area contributed by atoms with E-state index in [2.05, 4.69) is 0 Å². The van der Waals surface area contributed by atoms with Crippen molar-refractivity contribution in [3.63, 3.8) is 0 Å². The molecule has 3 heteroatoms. The molecule has 2 nitrogen and oxygen atoms in total. The first-order valence-corrected chi connectivity index (χ1v) is 6.74. The number of benzene rings is 2. The molecule has 0 aliphatic heterocycles. The Morgan fingerprint density at radius 2 is 1.65 bits per heavy atom. The lowest BCUT2D eigenvalue weighted by Gasteiger charge is -2.01. The van der Waals surface area contributed by atoms with Gasteiger partial charge in [-0.3, -0.25) is 0 Å². The Kier molecular flexibility index (Phi) is 2.51. The third kappa shape index (κ3) is 1.69. The Hall–Kier alpha value is -2.32. The third-order valence-electron chi connectivity index (χ3n) is 3.35. The Morgan fingerprint density at radius 1 is 0.900 bits per heavy atom. The van der Waals surface area contributed by atoms with Crippen molar-refractivity contribution in [3.05, 3.63) is 65.7 Å². The summed E-state index contributed by atoms with van der Waals surface area (Å²) in [4.78, 5) is 4.72. The summed E-state index contributed by atoms with van der Waals surface area (Å²) in [6.07, 6.45) is 0. The lowest BCUT2D eigenvalue weighted by molar-refractivity contribution is 0.668. The first kappa shape index (κ1) is 11.5. The molecular weight excluding hydrogens is 270 g/mol. The summed E-state index contributed by atoms with van der Waals surface area (Å²) in [5.41, 5.74) is 4.16. The monoisotopic (exact) mass is 279 g/mol. The molecular formula is C17H10ClNO. The second-order valence-electron chi connectivity index (χ2n) is 4.63. The van der Waals surface area contributed by atoms with Gasteiger partial charge in [0.25, 0.3) is 0 Å². The molecule has 0 unspecified atom stereocenters. The fourth-order valence-corrected chi connectivity index (χ4v) is 2.63. The fraction of sp³-hybridized carbons (Fsp3) is 0. The van der Waals surface area contributed by atoms with Crippen molar-refractivity contribution in [3.8, 4) is 11.3 Å². The van der Waals surface area contributed by atoms with Crippen LogP contribution >= 0.6 is 11.6 Å². The van der Waals surface area contributed by atoms with Crippen LogP contribution in [0.25, 0.3) is 33.3 Å². The predicted octanol–water partition coefficient (Wildman–Crippen LogP) is 5.30. The van der Waals surface area contributed by atoms with Crippen LogP contribution in [0.1, 0.15) is 0 Å². The van der Waals surface area contributed by atoms with E-state index in [1.54, 1.807) is 0 Å². The number of halogens is 1. The van der Waals surface area contributed by atoms with E-state index in [-0.39, 0.29) is 0 Å². The van der Waals surface area contributed by atoms with Crippen LogP contribution in [0.5, 0.6) is 0 Å². The summed E-state index contributed by atoms with van der Waals surface area (Å²) in [6, 6.07) is 19.7. The minimum atomic E-state index is 0.588. The summed E-state index contributed by atoms with van der Waals surface area (Å²) >= 11 is 6.35. The van der Waals surface area contributed by atoms with Gasteiger partial charge in [-0.25, -0.2) is 4.98 Å². The highest BCUT2D eigenvalue weighted by atomic mass is 35.5. The molecule has 0 aliphatic rings. The van der Waals surface area contributed by atoms with Crippen LogP contribution in [0.3, 0.4) is 0 Å². The van der Waals surface area contributed by atoms with Gasteiger partial charge < -0.3 is 4.42 Å². The van der Waals surface area contributed by atoms with E-state index in [0.717, 1.165) is 27.7 Å². The number of pyridine rings is 1. The molecule has 20 heavy (non-hydrogen) atoms. The maximum atomic E-state index is 6.35. The van der Waals surface area contributed by atoms with E-state index in [1.807, 2.05) is 60.7 Å². The summed E-state index contributed by atoms with van der Waals surface area (Å²) in [5.74, 6) is 0. The predicted molar refractivity (Wildman–Crippen MR) is 82.0 cm³/mol. The van der Waals surface area contributed by atoms with Gasteiger partial charge in [-0.1, -0.05) is 54.1 Å². The second-order valence-corrected chi connectivity index (χ2v) is 5.04. The highest BCUT2D eigenvalue weighted by Crippen LogP contribution is 2.34. The molecule has 2 aromatic heterocycles. The molecule has 2 aromatic carbocycles. The molecule has 0 amide bonds. The molecule has 2 heterocycles. The Balaban J connectivity index is 2.08. The molecule has 0 atom stereocenters. The Bertz CT molecular complexity index is 912. The second kappa shape index (κ2) is 4.36. The standard InChI is InChI=1S/C17H10ClNO/c18-13-10-14(11-6-2-1-3-7-11)19-16-12-8-4-5-9-15(12)20-17(13)16/h1-10H. The first-order chi connectivity index (χ1) is 9.83. The number of rotatable bonds is 1. The van der Waals surface area contributed by atoms with E-state index in [4.69, 9.17) is 21.0 Å². The van der Waals surface area contributed by atoms with E-state index in [9.17, 15) is 0 Å². The Labute approximate surface area is 120 Å². The zero-order valence-electron chi connectivity index (χ0n) is 10.5. The number of hydrogen-bond acceptors (Lipinski definition) is 2. The lowest BCUT2D eigenvalue weighted by atomic mass is 10.1. The van der Waals surface area contributed by atoms with Crippen molar-refractivity contribution < 1.29 is 4.42 Å². The normalized spacial score (nSPS) is 11.2. The van der Waals surface area contributed by atoms with Crippen molar-refractivity contribution in [2.45, 2.75) is 0 Å². The highest BCUT2D eigenvalue weighted by Gasteiger charge is 2.13. The van der Waals surface area contributed by atoms with Crippen LogP contribution in [0.15, 0.2) is 65.1 Å². The van der Waals surface area contributed by atoms with Crippen LogP contribution in [0.4, 0.5) is 0 Å². The van der Waals surface area contributed by atoms with Gasteiger partial charge in [0, 0.05) is 10.9 Å². The number of nitrogens with zero attached hydrogens (tertiary/aromatic N) is 1. The zero-order valence-corrected chi connectivity index (χ0v) is 11.3. The average Bonchev–Trinajstić information content (AvgIpc) is 2.88. The zero-order chi connectivity index (χ0) is 13.5. The van der Waals surface area contributed by atoms with E-state index in [1.165, 1.54) is 0 Å². The fourth-order valence-electron chi connectivity index (χ4n) is 2.40. The van der Waals surface area contributed by atoms with Gasteiger partial charge >= 0.3 is 0 Å². The smallest absolute Gasteiger partial charge is 0.172 e. The van der Waals surface area contributed by atoms with Gasteiger partial charge in [0.2, 0.25) is 0 Å². The molecule has 0 radical (unpaired) electrons. The molecule has 0 spiro atoms. The quantitative estimate of drug-likeness (QED) is 0.472.